The van der Waals surface area contributed by atoms with E-state index in [2.05, 4.69) is 15.0 Å². The number of anilines is 1. The first-order valence-electron chi connectivity index (χ1n) is 12.5. The number of fused-ring (bicyclic) bond motifs is 1. The number of rotatable bonds is 11. The zero-order valence-corrected chi connectivity index (χ0v) is 24.0. The minimum Gasteiger partial charge on any atom is -0.496 e. The van der Waals surface area contributed by atoms with Crippen molar-refractivity contribution in [1.82, 2.24) is 14.9 Å². The molecule has 0 bridgehead atoms. The van der Waals surface area contributed by atoms with Crippen molar-refractivity contribution in [3.63, 3.8) is 0 Å². The maximum atomic E-state index is 13.6. The standard InChI is InChI=1S/C28H28FN5O5S.ClH/c1-3-18-6-9-23(38-17-19-4-7-22(29)8-5-19)26(12-18)40(35,36)33-28-27-24(37-2)10-20(11-25(27)39-32-28)15-34-16-21(13-30)14-31-34;/h4-12,14,16H,3,13,15,17,30H2,1-2H3,(H,32,33);1H. The number of aryl methyl sites for hydroxylation is 1. The summed E-state index contributed by atoms with van der Waals surface area (Å²) in [5, 5.41) is 8.66. The van der Waals surface area contributed by atoms with Gasteiger partial charge in [-0.3, -0.25) is 9.40 Å². The lowest BCUT2D eigenvalue weighted by Gasteiger charge is -2.14. The number of hydrogen-bond donors (Lipinski definition) is 2. The van der Waals surface area contributed by atoms with Crippen LogP contribution in [0.25, 0.3) is 11.0 Å². The first-order chi connectivity index (χ1) is 19.3. The van der Waals surface area contributed by atoms with E-state index in [-0.39, 0.29) is 41.3 Å². The molecule has 5 aromatic rings. The average Bonchev–Trinajstić information content (AvgIpc) is 3.58. The van der Waals surface area contributed by atoms with Crippen LogP contribution < -0.4 is 19.9 Å². The summed E-state index contributed by atoms with van der Waals surface area (Å²) in [7, 11) is -2.69. The Kier molecular flexibility index (Phi) is 9.16. The molecule has 5 rings (SSSR count). The lowest BCUT2D eigenvalue weighted by molar-refractivity contribution is 0.297. The van der Waals surface area contributed by atoms with Gasteiger partial charge in [-0.15, -0.1) is 12.4 Å². The normalized spacial score (nSPS) is 11.3. The Morgan fingerprint density at radius 2 is 1.78 bits per heavy atom. The smallest absolute Gasteiger partial charge is 0.266 e. The van der Waals surface area contributed by atoms with Crippen molar-refractivity contribution in [2.45, 2.75) is 37.9 Å². The molecular weight excluding hydrogens is 573 g/mol. The Hall–Kier alpha value is -4.13. The number of nitrogens with zero attached hydrogens (tertiary/aromatic N) is 3. The molecule has 0 aliphatic rings. The number of methoxy groups -OCH3 is 1. The Balaban J connectivity index is 0.00000387. The number of aromatic nitrogens is 3. The first kappa shape index (κ1) is 29.8. The molecule has 0 aliphatic heterocycles. The van der Waals surface area contributed by atoms with Crippen LogP contribution in [0.1, 0.15) is 29.2 Å². The van der Waals surface area contributed by atoms with E-state index < -0.39 is 10.0 Å². The molecule has 0 saturated heterocycles. The lowest BCUT2D eigenvalue weighted by Crippen LogP contribution is -2.15. The molecule has 0 aliphatic carbocycles. The predicted molar refractivity (Wildman–Crippen MR) is 154 cm³/mol. The molecule has 3 N–H and O–H groups in total. The van der Waals surface area contributed by atoms with E-state index >= 15 is 0 Å². The summed E-state index contributed by atoms with van der Waals surface area (Å²) < 4.78 is 61.8. The topological polar surface area (TPSA) is 134 Å². The van der Waals surface area contributed by atoms with E-state index in [1.54, 1.807) is 53.3 Å². The molecule has 2 heterocycles. The molecule has 41 heavy (non-hydrogen) atoms. The van der Waals surface area contributed by atoms with Crippen LogP contribution in [-0.2, 0) is 36.1 Å². The van der Waals surface area contributed by atoms with Gasteiger partial charge in [0.1, 0.15) is 34.2 Å². The summed E-state index contributed by atoms with van der Waals surface area (Å²) in [6, 6.07) is 14.3. The molecule has 0 fully saturated rings. The molecular formula is C28H29ClFN5O5S. The maximum Gasteiger partial charge on any atom is 0.266 e. The van der Waals surface area contributed by atoms with Crippen molar-refractivity contribution in [2.75, 3.05) is 11.8 Å². The van der Waals surface area contributed by atoms with Crippen molar-refractivity contribution < 1.29 is 26.8 Å². The van der Waals surface area contributed by atoms with Crippen molar-refractivity contribution in [2.24, 2.45) is 5.73 Å². The maximum absolute atomic E-state index is 13.6. The molecule has 13 heteroatoms. The van der Waals surface area contributed by atoms with Gasteiger partial charge >= 0.3 is 0 Å². The second kappa shape index (κ2) is 12.6. The fraction of sp³-hybridized carbons (Fsp3) is 0.214. The van der Waals surface area contributed by atoms with E-state index in [1.807, 2.05) is 13.1 Å². The van der Waals surface area contributed by atoms with Gasteiger partial charge in [0.2, 0.25) is 0 Å². The first-order valence-corrected chi connectivity index (χ1v) is 14.0. The third kappa shape index (κ3) is 6.62. The number of halogens is 2. The number of sulfonamides is 1. The van der Waals surface area contributed by atoms with Crippen LogP contribution >= 0.6 is 12.4 Å². The van der Waals surface area contributed by atoms with Crippen LogP contribution in [0, 0.1) is 5.82 Å². The second-order valence-corrected chi connectivity index (χ2v) is 10.8. The van der Waals surface area contributed by atoms with E-state index in [1.165, 1.54) is 19.2 Å². The third-order valence-electron chi connectivity index (χ3n) is 6.33. The van der Waals surface area contributed by atoms with Crippen LogP contribution in [0.15, 0.2) is 76.4 Å². The lowest BCUT2D eigenvalue weighted by atomic mass is 10.1. The highest BCUT2D eigenvalue weighted by molar-refractivity contribution is 7.92. The molecule has 0 radical (unpaired) electrons. The average molecular weight is 602 g/mol. The Morgan fingerprint density at radius 3 is 2.46 bits per heavy atom. The van der Waals surface area contributed by atoms with Gasteiger partial charge in [-0.2, -0.15) is 5.10 Å². The van der Waals surface area contributed by atoms with E-state index in [0.717, 1.165) is 16.7 Å². The number of ether oxygens (including phenoxy) is 2. The van der Waals surface area contributed by atoms with Crippen molar-refractivity contribution >= 4 is 39.2 Å². The van der Waals surface area contributed by atoms with Crippen LogP contribution in [0.5, 0.6) is 11.5 Å². The highest BCUT2D eigenvalue weighted by Crippen LogP contribution is 2.36. The van der Waals surface area contributed by atoms with E-state index in [9.17, 15) is 12.8 Å². The second-order valence-electron chi connectivity index (χ2n) is 9.11. The fourth-order valence-electron chi connectivity index (χ4n) is 4.22. The molecule has 216 valence electrons. The minimum absolute atomic E-state index is 0. The SMILES string of the molecule is CCc1ccc(OCc2ccc(F)cc2)c(S(=O)(=O)Nc2noc3cc(Cn4cc(CN)cn4)cc(OC)c23)c1.Cl. The molecule has 0 atom stereocenters. The summed E-state index contributed by atoms with van der Waals surface area (Å²) in [4.78, 5) is -0.0601. The Labute approximate surface area is 242 Å². The minimum atomic E-state index is -4.17. The van der Waals surface area contributed by atoms with Crippen LogP contribution in [-0.4, -0.2) is 30.5 Å². The summed E-state index contributed by atoms with van der Waals surface area (Å²) >= 11 is 0. The molecule has 0 amide bonds. The monoisotopic (exact) mass is 601 g/mol. The van der Waals surface area contributed by atoms with Crippen molar-refractivity contribution in [3.8, 4) is 11.5 Å². The van der Waals surface area contributed by atoms with Gasteiger partial charge in [0, 0.05) is 18.3 Å². The van der Waals surface area contributed by atoms with Crippen LogP contribution in [0.2, 0.25) is 0 Å². The fourth-order valence-corrected chi connectivity index (χ4v) is 5.43. The molecule has 10 nitrogen and oxygen atoms in total. The van der Waals surface area contributed by atoms with Crippen molar-refractivity contribution in [1.29, 1.82) is 0 Å². The van der Waals surface area contributed by atoms with Gasteiger partial charge in [0.15, 0.2) is 11.4 Å². The third-order valence-corrected chi connectivity index (χ3v) is 7.69. The zero-order valence-electron chi connectivity index (χ0n) is 22.3. The molecule has 0 spiro atoms. The van der Waals surface area contributed by atoms with Crippen LogP contribution in [0.4, 0.5) is 10.2 Å². The molecule has 0 saturated carbocycles. The largest absolute Gasteiger partial charge is 0.496 e. The predicted octanol–water partition coefficient (Wildman–Crippen LogP) is 5.04. The van der Waals surface area contributed by atoms with Gasteiger partial charge < -0.3 is 19.7 Å². The van der Waals surface area contributed by atoms with Gasteiger partial charge in [-0.05, 0) is 59.5 Å². The number of benzene rings is 3. The number of hydrogen-bond acceptors (Lipinski definition) is 8. The van der Waals surface area contributed by atoms with Gasteiger partial charge in [-0.25, -0.2) is 12.8 Å². The molecule has 3 aromatic carbocycles. The highest BCUT2D eigenvalue weighted by atomic mass is 35.5. The Bertz CT molecular complexity index is 1760. The molecule has 0 unspecified atom stereocenters. The quantitative estimate of drug-likeness (QED) is 0.215. The zero-order chi connectivity index (χ0) is 28.3. The van der Waals surface area contributed by atoms with Gasteiger partial charge in [0.05, 0.1) is 19.9 Å². The van der Waals surface area contributed by atoms with Crippen molar-refractivity contribution in [3.05, 3.63) is 95.1 Å². The summed E-state index contributed by atoms with van der Waals surface area (Å²) in [6.07, 6.45) is 4.16. The number of nitrogens with two attached hydrogens (primary N) is 1. The number of nitrogens with one attached hydrogen (secondary N) is 1. The van der Waals surface area contributed by atoms with E-state index in [0.29, 0.717) is 41.8 Å². The van der Waals surface area contributed by atoms with Crippen LogP contribution in [0.3, 0.4) is 0 Å². The summed E-state index contributed by atoms with van der Waals surface area (Å²) in [5.41, 5.74) is 9.22. The van der Waals surface area contributed by atoms with Gasteiger partial charge in [-0.1, -0.05) is 30.3 Å². The highest BCUT2D eigenvalue weighted by Gasteiger charge is 2.25. The van der Waals surface area contributed by atoms with Gasteiger partial charge in [0.25, 0.3) is 10.0 Å². The molecule has 2 aromatic heterocycles. The van der Waals surface area contributed by atoms with E-state index in [4.69, 9.17) is 19.7 Å². The summed E-state index contributed by atoms with van der Waals surface area (Å²) in [5.74, 6) is 0.141. The summed E-state index contributed by atoms with van der Waals surface area (Å²) in [6.45, 7) is 2.79. The Morgan fingerprint density at radius 1 is 1.02 bits per heavy atom.